The number of likely N-dealkylation sites (N-methyl/N-ethyl adjacent to an activating group) is 1. The minimum absolute atomic E-state index is 0.0624. The Morgan fingerprint density at radius 2 is 1.54 bits per heavy atom. The van der Waals surface area contributed by atoms with Crippen molar-refractivity contribution in [2.75, 3.05) is 21.2 Å². The fraction of sp³-hybridized carbons (Fsp3) is 0.795. The molecule has 0 spiro atoms. The van der Waals surface area contributed by atoms with Gasteiger partial charge in [0.1, 0.15) is 34.1 Å². The minimum Gasteiger partial charge on any atom is -0.459 e. The number of aliphatic hydroxyl groups excluding tert-OH is 2. The molecular weight excluding hydrogens is 847 g/mol. The summed E-state index contributed by atoms with van der Waals surface area (Å²) in [6.07, 6.45) is -11.5. The molecule has 5 N–H and O–H groups in total. The highest BCUT2D eigenvalue weighted by atomic mass is 32.2. The van der Waals surface area contributed by atoms with Crippen molar-refractivity contribution in [3.05, 3.63) is 29.8 Å². The molecule has 0 radical (unpaired) electrons. The van der Waals surface area contributed by atoms with Crippen LogP contribution in [0.15, 0.2) is 29.2 Å². The number of hydrogen-bond donors (Lipinski definition) is 5. The van der Waals surface area contributed by atoms with Crippen LogP contribution in [-0.2, 0) is 52.9 Å². The van der Waals surface area contributed by atoms with E-state index < -0.39 is 140 Å². The number of methoxy groups -OCH3 is 1. The van der Waals surface area contributed by atoms with Gasteiger partial charge in [0.05, 0.1) is 47.6 Å². The molecule has 3 aliphatic heterocycles. The molecule has 19 heteroatoms. The van der Waals surface area contributed by atoms with Gasteiger partial charge in [0.15, 0.2) is 18.7 Å². The summed E-state index contributed by atoms with van der Waals surface area (Å²) in [7, 11) is 0.200. The van der Waals surface area contributed by atoms with Crippen molar-refractivity contribution < 1.29 is 80.9 Å². The Morgan fingerprint density at radius 3 is 2.11 bits per heavy atom. The first-order valence-corrected chi connectivity index (χ1v) is 23.1. The second-order valence-corrected chi connectivity index (χ2v) is 20.2. The van der Waals surface area contributed by atoms with E-state index in [1.807, 2.05) is 25.9 Å². The van der Waals surface area contributed by atoms with Crippen LogP contribution in [0, 0.1) is 23.7 Å². The van der Waals surface area contributed by atoms with E-state index in [9.17, 15) is 47.8 Å². The predicted octanol–water partition coefficient (Wildman–Crippen LogP) is 2.90. The van der Waals surface area contributed by atoms with Crippen LogP contribution >= 0.6 is 0 Å². The number of ketones is 1. The van der Waals surface area contributed by atoms with Crippen LogP contribution in [-0.4, -0.2) is 161 Å². The molecule has 0 saturated carbocycles. The normalized spacial score (nSPS) is 42.6. The molecule has 0 amide bonds. The molecule has 18 nitrogen and oxygen atoms in total. The zero-order valence-electron chi connectivity index (χ0n) is 38.8. The van der Waals surface area contributed by atoms with Gasteiger partial charge >= 0.3 is 11.9 Å². The highest BCUT2D eigenvalue weighted by molar-refractivity contribution is 7.86. The molecule has 4 rings (SSSR count). The first-order valence-electron chi connectivity index (χ1n) is 21.7. The lowest BCUT2D eigenvalue weighted by molar-refractivity contribution is -0.317. The van der Waals surface area contributed by atoms with Crippen LogP contribution < -0.4 is 0 Å². The molecule has 3 fully saturated rings. The number of ether oxygens (including phenoxy) is 7. The SMILES string of the molecule is CC[C@H]1OC(=O)[C@H](C)[C@@H](O[C@H]2C[C@@](C)(OC)[C@@H](OC(=O)c3ccccc3S(=O)(=O)O)[C@H](C)O2)[C@@H](C)[C@@H](O[C@@H]2O[C@H](C)C[C@H](N(C)C)[C@H]2O)[C@](C)(O)C[C@@H](C)C(=O)[C@H](C)[C@H](O)[C@]1(C)O. The number of Topliss-reactive ketones (excluding diaryl/α,β-unsaturated/α-hetero) is 1. The Kier molecular flexibility index (Phi) is 17.2. The van der Waals surface area contributed by atoms with Gasteiger partial charge in [0, 0.05) is 37.3 Å². The maximum atomic E-state index is 14.3. The standard InChI is InChI=1S/C44H71NO17S/c1-14-31-44(10,52)36(48)24(4)33(46)22(2)20-42(8,51)37(62-41-34(47)29(45(11)12)19-23(3)57-41)25(5)35(26(6)39(49)59-31)60-32-21-43(9,56-13)38(27(7)58-32)61-40(50)28-17-15-16-18-30(28)63(53,54)55/h15-18,22-27,29,31-32,34-38,41,47-48,51-52H,14,19-21H2,1-13H3,(H,53,54,55)/t22-,23-,24+,25-,26-,27+,29+,31-,32+,34-,35+,36+,37-,38+,41+,42-,43-,44-/m1/s1. The maximum Gasteiger partial charge on any atom is 0.340 e. The minimum atomic E-state index is -4.80. The van der Waals surface area contributed by atoms with E-state index in [4.69, 9.17) is 33.2 Å². The van der Waals surface area contributed by atoms with Crippen molar-refractivity contribution in [1.82, 2.24) is 4.90 Å². The summed E-state index contributed by atoms with van der Waals surface area (Å²) >= 11 is 0. The number of hydrogen-bond acceptors (Lipinski definition) is 17. The lowest BCUT2D eigenvalue weighted by atomic mass is 9.74. The topological polar surface area (TPSA) is 254 Å². The van der Waals surface area contributed by atoms with E-state index in [2.05, 4.69) is 0 Å². The molecule has 0 unspecified atom stereocenters. The average molecular weight is 918 g/mol. The van der Waals surface area contributed by atoms with E-state index in [0.717, 1.165) is 6.07 Å². The molecular formula is C44H71NO17S. The number of carbonyl (C=O) groups excluding carboxylic acids is 3. The largest absolute Gasteiger partial charge is 0.459 e. The van der Waals surface area contributed by atoms with Crippen molar-refractivity contribution in [2.45, 2.75) is 184 Å². The first-order chi connectivity index (χ1) is 29.0. The molecule has 0 aliphatic carbocycles. The van der Waals surface area contributed by atoms with Gasteiger partial charge in [-0.25, -0.2) is 4.79 Å². The van der Waals surface area contributed by atoms with Crippen molar-refractivity contribution in [1.29, 1.82) is 0 Å². The average Bonchev–Trinajstić information content (AvgIpc) is 3.20. The first kappa shape index (κ1) is 53.0. The number of aliphatic hydroxyl groups is 4. The summed E-state index contributed by atoms with van der Waals surface area (Å²) < 4.78 is 77.6. The van der Waals surface area contributed by atoms with Crippen LogP contribution in [0.25, 0.3) is 0 Å². The quantitative estimate of drug-likeness (QED) is 0.167. The second kappa shape index (κ2) is 20.5. The monoisotopic (exact) mass is 917 g/mol. The number of cyclic esters (lactones) is 1. The van der Waals surface area contributed by atoms with Crippen molar-refractivity contribution >= 4 is 27.8 Å². The summed E-state index contributed by atoms with van der Waals surface area (Å²) in [5.74, 6) is -6.62. The third-order valence-corrected chi connectivity index (χ3v) is 14.3. The van der Waals surface area contributed by atoms with Crippen molar-refractivity contribution in [3.8, 4) is 0 Å². The van der Waals surface area contributed by atoms with E-state index in [1.165, 1.54) is 53.0 Å². The van der Waals surface area contributed by atoms with E-state index >= 15 is 0 Å². The Balaban J connectivity index is 1.80. The highest BCUT2D eigenvalue weighted by Crippen LogP contribution is 2.41. The van der Waals surface area contributed by atoms with Crippen molar-refractivity contribution in [3.63, 3.8) is 0 Å². The van der Waals surface area contributed by atoms with Gasteiger partial charge in [-0.1, -0.05) is 39.8 Å². The zero-order chi connectivity index (χ0) is 47.7. The zero-order valence-corrected chi connectivity index (χ0v) is 39.6. The Hall–Kier alpha value is -2.66. The molecule has 63 heavy (non-hydrogen) atoms. The number of rotatable bonds is 10. The summed E-state index contributed by atoms with van der Waals surface area (Å²) in [5, 5.41) is 47.3. The van der Waals surface area contributed by atoms with Gasteiger partial charge in [-0.15, -0.1) is 0 Å². The van der Waals surface area contributed by atoms with Crippen LogP contribution in [0.1, 0.15) is 105 Å². The fourth-order valence-corrected chi connectivity index (χ4v) is 10.3. The van der Waals surface area contributed by atoms with Crippen molar-refractivity contribution in [2.24, 2.45) is 23.7 Å². The third-order valence-electron chi connectivity index (χ3n) is 13.4. The van der Waals surface area contributed by atoms with Gasteiger partial charge in [0.25, 0.3) is 10.1 Å². The smallest absolute Gasteiger partial charge is 0.340 e. The molecule has 0 aromatic heterocycles. The van der Waals surface area contributed by atoms with Gasteiger partial charge < -0.3 is 58.5 Å². The molecule has 3 aliphatic rings. The molecule has 1 aromatic rings. The molecule has 3 saturated heterocycles. The Bertz CT molecular complexity index is 1860. The fourth-order valence-electron chi connectivity index (χ4n) is 9.66. The Labute approximate surface area is 371 Å². The number of nitrogens with zero attached hydrogens (tertiary/aromatic N) is 1. The molecule has 360 valence electrons. The maximum absolute atomic E-state index is 14.3. The summed E-state index contributed by atoms with van der Waals surface area (Å²) in [5.41, 5.74) is -5.76. The molecule has 3 heterocycles. The van der Waals surface area contributed by atoms with E-state index in [0.29, 0.717) is 6.42 Å². The number of carbonyl (C=O) groups is 3. The number of benzene rings is 1. The van der Waals surface area contributed by atoms with Gasteiger partial charge in [0.2, 0.25) is 0 Å². The second-order valence-electron chi connectivity index (χ2n) is 18.8. The summed E-state index contributed by atoms with van der Waals surface area (Å²) in [6.45, 7) is 15.7. The Morgan fingerprint density at radius 1 is 0.921 bits per heavy atom. The molecule has 0 bridgehead atoms. The third kappa shape index (κ3) is 11.7. The number of esters is 2. The molecule has 1 aromatic carbocycles. The lowest BCUT2D eigenvalue weighted by Crippen LogP contribution is -2.61. The summed E-state index contributed by atoms with van der Waals surface area (Å²) in [4.78, 5) is 43.0. The van der Waals surface area contributed by atoms with Crippen LogP contribution in [0.5, 0.6) is 0 Å². The predicted molar refractivity (Wildman–Crippen MR) is 226 cm³/mol. The van der Waals surface area contributed by atoms with Gasteiger partial charge in [-0.05, 0) is 87.0 Å². The summed E-state index contributed by atoms with van der Waals surface area (Å²) in [6, 6.07) is 4.61. The van der Waals surface area contributed by atoms with Gasteiger partial charge in [-0.2, -0.15) is 8.42 Å². The lowest BCUT2D eigenvalue weighted by Gasteiger charge is -2.49. The van der Waals surface area contributed by atoms with Gasteiger partial charge in [-0.3, -0.25) is 14.1 Å². The highest BCUT2D eigenvalue weighted by Gasteiger charge is 2.54. The van der Waals surface area contributed by atoms with E-state index in [-0.39, 0.29) is 25.4 Å². The van der Waals surface area contributed by atoms with Crippen LogP contribution in [0.4, 0.5) is 0 Å². The van der Waals surface area contributed by atoms with Crippen LogP contribution in [0.3, 0.4) is 0 Å². The van der Waals surface area contributed by atoms with E-state index in [1.54, 1.807) is 34.6 Å². The molecule has 18 atom stereocenters. The van der Waals surface area contributed by atoms with Crippen LogP contribution in [0.2, 0.25) is 0 Å².